The number of esters is 1. The van der Waals surface area contributed by atoms with Crippen LogP contribution in [0.25, 0.3) is 0 Å². The number of carbonyl (C=O) groups is 2. The molecule has 0 aliphatic rings. The van der Waals surface area contributed by atoms with Crippen LogP contribution >= 0.6 is 11.8 Å². The number of phenolic OH excluding ortho intramolecular Hbond substituents is 1. The molecule has 5 nitrogen and oxygen atoms in total. The zero-order valence-corrected chi connectivity index (χ0v) is 14.1. The van der Waals surface area contributed by atoms with Crippen molar-refractivity contribution in [3.63, 3.8) is 0 Å². The number of amides is 1. The van der Waals surface area contributed by atoms with Crippen molar-refractivity contribution in [2.24, 2.45) is 0 Å². The van der Waals surface area contributed by atoms with E-state index in [1.54, 1.807) is 11.8 Å². The molecule has 1 amide bonds. The zero-order chi connectivity index (χ0) is 17.4. The molecule has 126 valence electrons. The average molecular weight is 345 g/mol. The Morgan fingerprint density at radius 3 is 2.42 bits per heavy atom. The first-order valence-corrected chi connectivity index (χ1v) is 8.55. The molecule has 0 bridgehead atoms. The average Bonchev–Trinajstić information content (AvgIpc) is 2.61. The van der Waals surface area contributed by atoms with Crippen molar-refractivity contribution in [1.82, 2.24) is 5.32 Å². The monoisotopic (exact) mass is 345 g/mol. The number of thioether (sulfide) groups is 1. The highest BCUT2D eigenvalue weighted by Gasteiger charge is 2.22. The molecule has 0 saturated heterocycles. The lowest BCUT2D eigenvalue weighted by Crippen LogP contribution is -2.43. The largest absolute Gasteiger partial charge is 0.508 e. The van der Waals surface area contributed by atoms with Gasteiger partial charge in [-0.3, -0.25) is 4.79 Å². The quantitative estimate of drug-likeness (QED) is 0.755. The van der Waals surface area contributed by atoms with Gasteiger partial charge in [0.1, 0.15) is 11.8 Å². The predicted octanol–water partition coefficient (Wildman–Crippen LogP) is 2.60. The molecule has 0 heterocycles. The van der Waals surface area contributed by atoms with E-state index >= 15 is 0 Å². The van der Waals surface area contributed by atoms with Gasteiger partial charge < -0.3 is 15.2 Å². The minimum atomic E-state index is -0.731. The summed E-state index contributed by atoms with van der Waals surface area (Å²) in [6.45, 7) is 0. The molecule has 0 fully saturated rings. The lowest BCUT2D eigenvalue weighted by molar-refractivity contribution is -0.142. The molecular formula is C18H19NO4S. The van der Waals surface area contributed by atoms with E-state index in [1.165, 1.54) is 31.4 Å². The molecule has 6 heteroatoms. The molecule has 0 aromatic heterocycles. The Labute approximate surface area is 145 Å². The van der Waals surface area contributed by atoms with Crippen LogP contribution in [-0.4, -0.2) is 35.9 Å². The first kappa shape index (κ1) is 17.9. The van der Waals surface area contributed by atoms with Crippen LogP contribution in [0.5, 0.6) is 5.75 Å². The number of ether oxygens (including phenoxy) is 1. The van der Waals surface area contributed by atoms with Crippen LogP contribution in [0, 0.1) is 0 Å². The van der Waals surface area contributed by atoms with Crippen molar-refractivity contribution in [3.8, 4) is 5.75 Å². The second-order valence-corrected chi connectivity index (χ2v) is 6.13. The molecular weight excluding hydrogens is 326 g/mol. The van der Waals surface area contributed by atoms with Gasteiger partial charge in [-0.1, -0.05) is 30.3 Å². The topological polar surface area (TPSA) is 75.6 Å². The van der Waals surface area contributed by atoms with Gasteiger partial charge in [-0.2, -0.15) is 11.8 Å². The fourth-order valence-corrected chi connectivity index (χ4v) is 3.04. The van der Waals surface area contributed by atoms with E-state index in [4.69, 9.17) is 4.74 Å². The van der Waals surface area contributed by atoms with E-state index in [2.05, 4.69) is 5.32 Å². The number of methoxy groups -OCH3 is 1. The number of aromatic hydroxyl groups is 1. The van der Waals surface area contributed by atoms with Crippen LogP contribution in [0.2, 0.25) is 0 Å². The summed E-state index contributed by atoms with van der Waals surface area (Å²) in [7, 11) is 1.30. The Kier molecular flexibility index (Phi) is 6.69. The number of hydrogen-bond donors (Lipinski definition) is 2. The number of hydrogen-bond acceptors (Lipinski definition) is 5. The fourth-order valence-electron chi connectivity index (χ4n) is 2.03. The Bertz CT molecular complexity index is 673. The minimum Gasteiger partial charge on any atom is -0.508 e. The van der Waals surface area contributed by atoms with Crippen molar-refractivity contribution in [2.45, 2.75) is 11.8 Å². The third-order valence-corrected chi connectivity index (χ3v) is 4.42. The van der Waals surface area contributed by atoms with Gasteiger partial charge in [-0.05, 0) is 29.8 Å². The molecule has 0 saturated carbocycles. The number of carbonyl (C=O) groups excluding carboxylic acids is 2. The molecule has 2 aromatic rings. The maximum Gasteiger partial charge on any atom is 0.329 e. The summed E-state index contributed by atoms with van der Waals surface area (Å²) >= 11 is 1.54. The Balaban J connectivity index is 1.93. The van der Waals surface area contributed by atoms with Gasteiger partial charge in [-0.25, -0.2) is 4.79 Å². The van der Waals surface area contributed by atoms with Crippen LogP contribution in [0.3, 0.4) is 0 Å². The number of rotatable bonds is 7. The van der Waals surface area contributed by atoms with Crippen molar-refractivity contribution in [3.05, 3.63) is 65.7 Å². The first-order chi connectivity index (χ1) is 11.6. The lowest BCUT2D eigenvalue weighted by atomic mass is 10.2. The van der Waals surface area contributed by atoms with E-state index in [-0.39, 0.29) is 11.7 Å². The molecule has 0 radical (unpaired) electrons. The highest BCUT2D eigenvalue weighted by molar-refractivity contribution is 7.98. The van der Waals surface area contributed by atoms with E-state index in [1.807, 2.05) is 30.3 Å². The minimum absolute atomic E-state index is 0.0782. The van der Waals surface area contributed by atoms with Crippen molar-refractivity contribution < 1.29 is 19.4 Å². The highest BCUT2D eigenvalue weighted by atomic mass is 32.2. The standard InChI is InChI=1S/C18H19NO4S/c1-23-18(22)16(12-24-11-13-5-3-2-4-6-13)19-17(21)14-7-9-15(20)10-8-14/h2-10,16,20H,11-12H2,1H3,(H,19,21)/t16-/m0/s1. The fraction of sp³-hybridized carbons (Fsp3) is 0.222. The summed E-state index contributed by atoms with van der Waals surface area (Å²) in [4.78, 5) is 24.1. The molecule has 0 aliphatic heterocycles. The molecule has 0 spiro atoms. The molecule has 0 aliphatic carbocycles. The third-order valence-electron chi connectivity index (χ3n) is 3.32. The van der Waals surface area contributed by atoms with E-state index in [0.29, 0.717) is 11.3 Å². The third kappa shape index (κ3) is 5.31. The van der Waals surface area contributed by atoms with Gasteiger partial charge in [0.2, 0.25) is 0 Å². The van der Waals surface area contributed by atoms with Gasteiger partial charge in [0, 0.05) is 17.1 Å². The summed E-state index contributed by atoms with van der Waals surface area (Å²) in [5.74, 6) is 0.359. The zero-order valence-electron chi connectivity index (χ0n) is 13.3. The molecule has 0 unspecified atom stereocenters. The van der Waals surface area contributed by atoms with E-state index in [0.717, 1.165) is 11.3 Å². The molecule has 24 heavy (non-hydrogen) atoms. The molecule has 1 atom stereocenters. The van der Waals surface area contributed by atoms with Gasteiger partial charge in [-0.15, -0.1) is 0 Å². The Morgan fingerprint density at radius 1 is 1.12 bits per heavy atom. The summed E-state index contributed by atoms with van der Waals surface area (Å²) in [6, 6.07) is 15.0. The number of benzene rings is 2. The van der Waals surface area contributed by atoms with Gasteiger partial charge in [0.05, 0.1) is 7.11 Å². The maximum atomic E-state index is 12.2. The SMILES string of the molecule is COC(=O)[C@H](CSCc1ccccc1)NC(=O)c1ccc(O)cc1. The second kappa shape index (κ2) is 8.98. The van der Waals surface area contributed by atoms with Crippen LogP contribution < -0.4 is 5.32 Å². The molecule has 2 aromatic carbocycles. The van der Waals surface area contributed by atoms with E-state index < -0.39 is 12.0 Å². The predicted molar refractivity (Wildman–Crippen MR) is 94.0 cm³/mol. The smallest absolute Gasteiger partial charge is 0.329 e. The van der Waals surface area contributed by atoms with Crippen LogP contribution in [0.1, 0.15) is 15.9 Å². The van der Waals surface area contributed by atoms with Crippen LogP contribution in [0.4, 0.5) is 0 Å². The van der Waals surface area contributed by atoms with Crippen molar-refractivity contribution >= 4 is 23.6 Å². The molecule has 2 rings (SSSR count). The van der Waals surface area contributed by atoms with Gasteiger partial charge >= 0.3 is 5.97 Å². The highest BCUT2D eigenvalue weighted by Crippen LogP contribution is 2.14. The Hall–Kier alpha value is -2.47. The van der Waals surface area contributed by atoms with Crippen LogP contribution in [0.15, 0.2) is 54.6 Å². The van der Waals surface area contributed by atoms with Gasteiger partial charge in [0.25, 0.3) is 5.91 Å². The van der Waals surface area contributed by atoms with E-state index in [9.17, 15) is 14.7 Å². The number of phenols is 1. The normalized spacial score (nSPS) is 11.5. The summed E-state index contributed by atoms with van der Waals surface area (Å²) in [5.41, 5.74) is 1.52. The van der Waals surface area contributed by atoms with Crippen molar-refractivity contribution in [2.75, 3.05) is 12.9 Å². The maximum absolute atomic E-state index is 12.2. The summed E-state index contributed by atoms with van der Waals surface area (Å²) in [6.07, 6.45) is 0. The summed E-state index contributed by atoms with van der Waals surface area (Å²) < 4.78 is 4.76. The van der Waals surface area contributed by atoms with Crippen molar-refractivity contribution in [1.29, 1.82) is 0 Å². The number of nitrogens with one attached hydrogen (secondary N) is 1. The lowest BCUT2D eigenvalue weighted by Gasteiger charge is -2.16. The summed E-state index contributed by atoms with van der Waals surface area (Å²) in [5, 5.41) is 11.9. The van der Waals surface area contributed by atoms with Gasteiger partial charge in [0.15, 0.2) is 0 Å². The Morgan fingerprint density at radius 2 is 1.79 bits per heavy atom. The second-order valence-electron chi connectivity index (χ2n) is 5.10. The molecule has 2 N–H and O–H groups in total. The van der Waals surface area contributed by atoms with Crippen LogP contribution in [-0.2, 0) is 15.3 Å². The first-order valence-electron chi connectivity index (χ1n) is 7.39.